The zero-order valence-corrected chi connectivity index (χ0v) is 15.5. The molecule has 1 heterocycles. The molecule has 1 N–H and O–H groups in total. The summed E-state index contributed by atoms with van der Waals surface area (Å²) in [5.74, 6) is 1.13. The molecule has 0 bridgehead atoms. The average Bonchev–Trinajstić information content (AvgIpc) is 2.60. The molecule has 0 saturated carbocycles. The second kappa shape index (κ2) is 8.01. The number of phenols is 1. The van der Waals surface area contributed by atoms with Crippen LogP contribution in [0.25, 0.3) is 0 Å². The number of piperazine rings is 1. The molecule has 1 saturated heterocycles. The molecule has 2 aromatic carbocycles. The van der Waals surface area contributed by atoms with Crippen molar-refractivity contribution in [3.05, 3.63) is 58.1 Å². The SMILES string of the molecule is COc1ccc(O)c(CN2CCN(Cc3ccc(Br)cc3)CC2)c1. The van der Waals surface area contributed by atoms with Crippen molar-refractivity contribution in [1.82, 2.24) is 9.80 Å². The van der Waals surface area contributed by atoms with E-state index in [0.717, 1.165) is 55.1 Å². The van der Waals surface area contributed by atoms with Crippen LogP contribution in [0.5, 0.6) is 11.5 Å². The van der Waals surface area contributed by atoms with Crippen LogP contribution in [0.3, 0.4) is 0 Å². The molecule has 128 valence electrons. The predicted molar refractivity (Wildman–Crippen MR) is 99.4 cm³/mol. The number of halogens is 1. The van der Waals surface area contributed by atoms with Crippen molar-refractivity contribution in [1.29, 1.82) is 0 Å². The summed E-state index contributed by atoms with van der Waals surface area (Å²) in [5.41, 5.74) is 2.27. The van der Waals surface area contributed by atoms with Crippen molar-refractivity contribution >= 4 is 15.9 Å². The first-order valence-corrected chi connectivity index (χ1v) is 8.98. The average molecular weight is 391 g/mol. The van der Waals surface area contributed by atoms with E-state index in [0.29, 0.717) is 5.75 Å². The van der Waals surface area contributed by atoms with Gasteiger partial charge >= 0.3 is 0 Å². The van der Waals surface area contributed by atoms with E-state index in [4.69, 9.17) is 4.74 Å². The van der Waals surface area contributed by atoms with E-state index < -0.39 is 0 Å². The number of hydrogen-bond donors (Lipinski definition) is 1. The van der Waals surface area contributed by atoms with Gasteiger partial charge in [0.1, 0.15) is 11.5 Å². The van der Waals surface area contributed by atoms with Crippen molar-refractivity contribution < 1.29 is 9.84 Å². The van der Waals surface area contributed by atoms with Crippen molar-refractivity contribution in [2.45, 2.75) is 13.1 Å². The van der Waals surface area contributed by atoms with E-state index in [9.17, 15) is 5.11 Å². The minimum atomic E-state index is 0.341. The van der Waals surface area contributed by atoms with Crippen LogP contribution in [0.1, 0.15) is 11.1 Å². The first kappa shape index (κ1) is 17.3. The quantitative estimate of drug-likeness (QED) is 0.847. The molecule has 0 aromatic heterocycles. The number of nitrogens with zero attached hydrogens (tertiary/aromatic N) is 2. The maximum atomic E-state index is 10.0. The molecule has 3 rings (SSSR count). The van der Waals surface area contributed by atoms with E-state index in [-0.39, 0.29) is 0 Å². The van der Waals surface area contributed by atoms with Crippen LogP contribution in [0.4, 0.5) is 0 Å². The van der Waals surface area contributed by atoms with Crippen molar-refractivity contribution in [2.75, 3.05) is 33.3 Å². The summed E-state index contributed by atoms with van der Waals surface area (Å²) >= 11 is 3.48. The van der Waals surface area contributed by atoms with Gasteiger partial charge < -0.3 is 9.84 Å². The van der Waals surface area contributed by atoms with Crippen LogP contribution in [-0.2, 0) is 13.1 Å². The van der Waals surface area contributed by atoms with Crippen molar-refractivity contribution in [3.63, 3.8) is 0 Å². The summed E-state index contributed by atoms with van der Waals surface area (Å²) in [6.45, 7) is 5.85. The van der Waals surface area contributed by atoms with Crippen LogP contribution in [0, 0.1) is 0 Å². The van der Waals surface area contributed by atoms with Crippen molar-refractivity contribution in [3.8, 4) is 11.5 Å². The Morgan fingerprint density at radius 1 is 0.958 bits per heavy atom. The first-order valence-electron chi connectivity index (χ1n) is 8.19. The maximum Gasteiger partial charge on any atom is 0.120 e. The third-order valence-corrected chi connectivity index (χ3v) is 4.99. The number of methoxy groups -OCH3 is 1. The Morgan fingerprint density at radius 2 is 1.58 bits per heavy atom. The molecule has 2 aromatic rings. The van der Waals surface area contributed by atoms with Gasteiger partial charge in [-0.3, -0.25) is 9.80 Å². The molecule has 1 aliphatic heterocycles. The summed E-state index contributed by atoms with van der Waals surface area (Å²) in [6, 6.07) is 13.9. The zero-order chi connectivity index (χ0) is 16.9. The molecule has 1 fully saturated rings. The van der Waals surface area contributed by atoms with Crippen molar-refractivity contribution in [2.24, 2.45) is 0 Å². The number of rotatable bonds is 5. The summed E-state index contributed by atoms with van der Waals surface area (Å²) < 4.78 is 6.37. The Bertz CT molecular complexity index is 668. The lowest BCUT2D eigenvalue weighted by Crippen LogP contribution is -2.45. The standard InChI is InChI=1S/C19H23BrN2O2/c1-24-18-6-7-19(23)16(12-18)14-22-10-8-21(9-11-22)13-15-2-4-17(20)5-3-15/h2-7,12,23H,8-11,13-14H2,1H3. The fourth-order valence-corrected chi connectivity index (χ4v) is 3.27. The summed E-state index contributed by atoms with van der Waals surface area (Å²) in [5, 5.41) is 10.0. The predicted octanol–water partition coefficient (Wildman–Crippen LogP) is 3.48. The minimum Gasteiger partial charge on any atom is -0.508 e. The fraction of sp³-hybridized carbons (Fsp3) is 0.368. The van der Waals surface area contributed by atoms with Crippen LogP contribution >= 0.6 is 15.9 Å². The molecule has 0 radical (unpaired) electrons. The Labute approximate surface area is 151 Å². The third kappa shape index (κ3) is 4.50. The fourth-order valence-electron chi connectivity index (χ4n) is 3.01. The van der Waals surface area contributed by atoms with Gasteiger partial charge in [-0.1, -0.05) is 28.1 Å². The Balaban J connectivity index is 1.52. The molecule has 24 heavy (non-hydrogen) atoms. The first-order chi connectivity index (χ1) is 11.6. The zero-order valence-electron chi connectivity index (χ0n) is 13.9. The van der Waals surface area contributed by atoms with Crippen LogP contribution in [0.15, 0.2) is 46.9 Å². The topological polar surface area (TPSA) is 35.9 Å². The summed E-state index contributed by atoms with van der Waals surface area (Å²) in [7, 11) is 1.65. The molecule has 0 spiro atoms. The molecule has 0 unspecified atom stereocenters. The minimum absolute atomic E-state index is 0.341. The highest BCUT2D eigenvalue weighted by Crippen LogP contribution is 2.24. The second-order valence-corrected chi connectivity index (χ2v) is 7.09. The highest BCUT2D eigenvalue weighted by molar-refractivity contribution is 9.10. The van der Waals surface area contributed by atoms with Gasteiger partial charge in [0.2, 0.25) is 0 Å². The number of ether oxygens (including phenoxy) is 1. The van der Waals surface area contributed by atoms with E-state index in [1.165, 1.54) is 5.56 Å². The molecule has 4 nitrogen and oxygen atoms in total. The molecular weight excluding hydrogens is 368 g/mol. The third-order valence-electron chi connectivity index (χ3n) is 4.46. The highest BCUT2D eigenvalue weighted by Gasteiger charge is 2.18. The lowest BCUT2D eigenvalue weighted by atomic mass is 10.1. The van der Waals surface area contributed by atoms with Gasteiger partial charge in [-0.25, -0.2) is 0 Å². The number of benzene rings is 2. The van der Waals surface area contributed by atoms with Gasteiger partial charge in [0, 0.05) is 49.3 Å². The van der Waals surface area contributed by atoms with Gasteiger partial charge in [0.25, 0.3) is 0 Å². The Kier molecular flexibility index (Phi) is 5.76. The molecule has 1 aliphatic rings. The van der Waals surface area contributed by atoms with Gasteiger partial charge in [-0.15, -0.1) is 0 Å². The van der Waals surface area contributed by atoms with E-state index >= 15 is 0 Å². The molecule has 5 heteroatoms. The second-order valence-electron chi connectivity index (χ2n) is 6.17. The van der Waals surface area contributed by atoms with Gasteiger partial charge in [-0.2, -0.15) is 0 Å². The molecule has 0 atom stereocenters. The van der Waals surface area contributed by atoms with E-state index in [1.807, 2.05) is 6.07 Å². The summed E-state index contributed by atoms with van der Waals surface area (Å²) in [4.78, 5) is 4.86. The van der Waals surface area contributed by atoms with Crippen LogP contribution in [0.2, 0.25) is 0 Å². The van der Waals surface area contributed by atoms with Gasteiger partial charge in [-0.05, 0) is 35.9 Å². The smallest absolute Gasteiger partial charge is 0.120 e. The lowest BCUT2D eigenvalue weighted by molar-refractivity contribution is 0.121. The highest BCUT2D eigenvalue weighted by atomic mass is 79.9. The number of phenolic OH excluding ortho intramolecular Hbond substituents is 1. The van der Waals surface area contributed by atoms with Gasteiger partial charge in [0.05, 0.1) is 7.11 Å². The Morgan fingerprint density at radius 3 is 2.21 bits per heavy atom. The Hall–Kier alpha value is -1.56. The van der Waals surface area contributed by atoms with Crippen LogP contribution in [-0.4, -0.2) is 48.2 Å². The lowest BCUT2D eigenvalue weighted by Gasteiger charge is -2.34. The van der Waals surface area contributed by atoms with Gasteiger partial charge in [0.15, 0.2) is 0 Å². The molecular formula is C19H23BrN2O2. The number of hydrogen-bond acceptors (Lipinski definition) is 4. The van der Waals surface area contributed by atoms with Crippen LogP contribution < -0.4 is 4.74 Å². The number of aromatic hydroxyl groups is 1. The molecule has 0 aliphatic carbocycles. The van der Waals surface area contributed by atoms with E-state index in [1.54, 1.807) is 19.2 Å². The van der Waals surface area contributed by atoms with E-state index in [2.05, 4.69) is 50.0 Å². The maximum absolute atomic E-state index is 10.0. The monoisotopic (exact) mass is 390 g/mol. The normalized spacial score (nSPS) is 16.2. The summed E-state index contributed by atoms with van der Waals surface area (Å²) in [6.07, 6.45) is 0. The molecule has 0 amide bonds. The largest absolute Gasteiger partial charge is 0.508 e.